The van der Waals surface area contributed by atoms with Crippen LogP contribution in [0.1, 0.15) is 0 Å². The van der Waals surface area contributed by atoms with Crippen LogP contribution < -0.4 is 4.90 Å². The van der Waals surface area contributed by atoms with E-state index < -0.39 is 0 Å². The highest BCUT2D eigenvalue weighted by atomic mass is 15.1. The molecule has 10 rings (SSSR count). The lowest BCUT2D eigenvalue weighted by Crippen LogP contribution is -2.11. The summed E-state index contributed by atoms with van der Waals surface area (Å²) in [5, 5.41) is 15.1. The normalized spacial score (nSPS) is 11.7. The van der Waals surface area contributed by atoms with Crippen molar-refractivity contribution in [1.82, 2.24) is 0 Å². The molecule has 1 nitrogen and oxygen atoms in total. The van der Waals surface area contributed by atoms with E-state index >= 15 is 0 Å². The van der Waals surface area contributed by atoms with Crippen molar-refractivity contribution >= 4 is 81.7 Å². The molecule has 228 valence electrons. The maximum Gasteiger partial charge on any atom is 0.0540 e. The summed E-state index contributed by atoms with van der Waals surface area (Å²) in [6.07, 6.45) is 0. The Morgan fingerprint density at radius 1 is 0.265 bits per heavy atom. The second kappa shape index (κ2) is 11.1. The van der Waals surface area contributed by atoms with Crippen molar-refractivity contribution < 1.29 is 0 Å². The van der Waals surface area contributed by atoms with Crippen LogP contribution in [0, 0.1) is 0 Å². The molecule has 0 radical (unpaired) electrons. The summed E-state index contributed by atoms with van der Waals surface area (Å²) in [5.74, 6) is 0. The third kappa shape index (κ3) is 4.40. The quantitative estimate of drug-likeness (QED) is 0.177. The summed E-state index contributed by atoms with van der Waals surface area (Å²) < 4.78 is 0. The van der Waals surface area contributed by atoms with E-state index in [4.69, 9.17) is 0 Å². The SMILES string of the molecule is c1ccc(-c2ccc(N(c3ccc4ccc5ccccc5c4c3)c3ccc4c5ccccc5c5ccccc5c4c3)c3ccccc23)cc1. The minimum atomic E-state index is 1.13. The van der Waals surface area contributed by atoms with E-state index in [1.54, 1.807) is 0 Å². The maximum atomic E-state index is 2.46. The lowest BCUT2D eigenvalue weighted by Gasteiger charge is -2.28. The molecule has 10 aromatic rings. The lowest BCUT2D eigenvalue weighted by molar-refractivity contribution is 1.31. The molecule has 0 N–H and O–H groups in total. The molecule has 49 heavy (non-hydrogen) atoms. The zero-order valence-electron chi connectivity index (χ0n) is 26.8. The first-order valence-electron chi connectivity index (χ1n) is 16.9. The zero-order chi connectivity index (χ0) is 32.3. The highest BCUT2D eigenvalue weighted by Crippen LogP contribution is 2.45. The highest BCUT2D eigenvalue weighted by Gasteiger charge is 2.19. The fourth-order valence-corrected chi connectivity index (χ4v) is 7.94. The largest absolute Gasteiger partial charge is 0.310 e. The molecule has 0 aliphatic heterocycles. The molecular weight excluding hydrogens is 591 g/mol. The molecule has 0 bridgehead atoms. The Morgan fingerprint density at radius 3 is 1.43 bits per heavy atom. The number of anilines is 3. The molecule has 0 saturated heterocycles. The summed E-state index contributed by atoms with van der Waals surface area (Å²) in [5.41, 5.74) is 5.87. The van der Waals surface area contributed by atoms with Crippen molar-refractivity contribution in [3.63, 3.8) is 0 Å². The van der Waals surface area contributed by atoms with Gasteiger partial charge in [-0.3, -0.25) is 0 Å². The number of hydrogen-bond donors (Lipinski definition) is 0. The molecule has 0 unspecified atom stereocenters. The third-order valence-corrected chi connectivity index (χ3v) is 10.2. The van der Waals surface area contributed by atoms with Gasteiger partial charge in [0.2, 0.25) is 0 Å². The third-order valence-electron chi connectivity index (χ3n) is 10.2. The average Bonchev–Trinajstić information content (AvgIpc) is 3.18. The van der Waals surface area contributed by atoms with Crippen molar-refractivity contribution in [1.29, 1.82) is 0 Å². The van der Waals surface area contributed by atoms with Gasteiger partial charge in [0.15, 0.2) is 0 Å². The van der Waals surface area contributed by atoms with E-state index in [0.717, 1.165) is 17.1 Å². The fourth-order valence-electron chi connectivity index (χ4n) is 7.94. The van der Waals surface area contributed by atoms with Gasteiger partial charge in [-0.2, -0.15) is 0 Å². The molecule has 0 aliphatic rings. The number of nitrogens with zero attached hydrogens (tertiary/aromatic N) is 1. The molecule has 10 aromatic carbocycles. The Kier molecular flexibility index (Phi) is 6.25. The summed E-state index contributed by atoms with van der Waals surface area (Å²) >= 11 is 0. The second-order valence-corrected chi connectivity index (χ2v) is 12.9. The van der Waals surface area contributed by atoms with Crippen molar-refractivity contribution in [3.8, 4) is 11.1 Å². The van der Waals surface area contributed by atoms with Crippen LogP contribution in [0.4, 0.5) is 17.1 Å². The van der Waals surface area contributed by atoms with Crippen LogP contribution in [-0.2, 0) is 0 Å². The predicted molar refractivity (Wildman–Crippen MR) is 212 cm³/mol. The smallest absolute Gasteiger partial charge is 0.0540 e. The Bertz CT molecular complexity index is 2850. The van der Waals surface area contributed by atoms with E-state index in [9.17, 15) is 0 Å². The van der Waals surface area contributed by atoms with Gasteiger partial charge < -0.3 is 4.90 Å². The molecule has 0 aliphatic carbocycles. The molecule has 0 fully saturated rings. The van der Waals surface area contributed by atoms with Gasteiger partial charge in [-0.15, -0.1) is 0 Å². The van der Waals surface area contributed by atoms with Crippen molar-refractivity contribution in [2.75, 3.05) is 4.90 Å². The van der Waals surface area contributed by atoms with E-state index in [-0.39, 0.29) is 0 Å². The number of hydrogen-bond acceptors (Lipinski definition) is 1. The number of benzene rings is 10. The van der Waals surface area contributed by atoms with Gasteiger partial charge in [-0.1, -0.05) is 158 Å². The minimum absolute atomic E-state index is 1.13. The van der Waals surface area contributed by atoms with Gasteiger partial charge in [0.1, 0.15) is 0 Å². The van der Waals surface area contributed by atoms with E-state index in [1.807, 2.05) is 0 Å². The number of rotatable bonds is 4. The fraction of sp³-hybridized carbons (Fsp3) is 0. The topological polar surface area (TPSA) is 3.24 Å². The Labute approximate surface area is 284 Å². The Morgan fingerprint density at radius 2 is 0.735 bits per heavy atom. The monoisotopic (exact) mass is 621 g/mol. The van der Waals surface area contributed by atoms with Gasteiger partial charge in [-0.25, -0.2) is 0 Å². The van der Waals surface area contributed by atoms with Crippen LogP contribution in [0.15, 0.2) is 188 Å². The van der Waals surface area contributed by atoms with Crippen LogP contribution in [0.3, 0.4) is 0 Å². The van der Waals surface area contributed by atoms with Gasteiger partial charge in [0, 0.05) is 16.8 Å². The molecular formula is C48H31N. The van der Waals surface area contributed by atoms with Gasteiger partial charge in [-0.05, 0) is 101 Å². The zero-order valence-corrected chi connectivity index (χ0v) is 26.8. The van der Waals surface area contributed by atoms with Crippen LogP contribution in [-0.4, -0.2) is 0 Å². The van der Waals surface area contributed by atoms with E-state index in [1.165, 1.54) is 75.8 Å². The Hall–Kier alpha value is -6.44. The number of fused-ring (bicyclic) bond motifs is 10. The minimum Gasteiger partial charge on any atom is -0.310 e. The van der Waals surface area contributed by atoms with Crippen LogP contribution in [0.2, 0.25) is 0 Å². The molecule has 0 amide bonds. The van der Waals surface area contributed by atoms with Crippen LogP contribution >= 0.6 is 0 Å². The Balaban J connectivity index is 1.29. The predicted octanol–water partition coefficient (Wildman–Crippen LogP) is 13.7. The molecule has 1 heteroatoms. The first-order chi connectivity index (χ1) is 24.3. The highest BCUT2D eigenvalue weighted by molar-refractivity contribution is 6.26. The summed E-state index contributed by atoms with van der Waals surface area (Å²) in [4.78, 5) is 2.46. The van der Waals surface area contributed by atoms with E-state index in [2.05, 4.69) is 193 Å². The maximum absolute atomic E-state index is 2.46. The first-order valence-corrected chi connectivity index (χ1v) is 16.9. The first kappa shape index (κ1) is 27.7. The van der Waals surface area contributed by atoms with Crippen LogP contribution in [0.5, 0.6) is 0 Å². The van der Waals surface area contributed by atoms with Crippen molar-refractivity contribution in [2.24, 2.45) is 0 Å². The molecule has 0 aromatic heterocycles. The standard InChI is InChI=1S/C48H31N/c1-2-12-32(13-3-1)38-28-29-48(45-21-11-10-16-39(38)45)49(35-25-24-34-23-22-33-14-4-5-15-37(33)46(34)30-35)36-26-27-44-42-19-7-6-17-40(42)41-18-8-9-20-43(41)47(44)31-36/h1-31H. The summed E-state index contributed by atoms with van der Waals surface area (Å²) in [7, 11) is 0. The molecule has 0 heterocycles. The molecule has 0 saturated carbocycles. The second-order valence-electron chi connectivity index (χ2n) is 12.9. The van der Waals surface area contributed by atoms with Crippen LogP contribution in [0.25, 0.3) is 75.8 Å². The van der Waals surface area contributed by atoms with Crippen molar-refractivity contribution in [2.45, 2.75) is 0 Å². The molecule has 0 atom stereocenters. The van der Waals surface area contributed by atoms with Gasteiger partial charge in [0.05, 0.1) is 5.69 Å². The lowest BCUT2D eigenvalue weighted by atomic mass is 9.93. The summed E-state index contributed by atoms with van der Waals surface area (Å²) in [6.45, 7) is 0. The van der Waals surface area contributed by atoms with Gasteiger partial charge in [0.25, 0.3) is 0 Å². The van der Waals surface area contributed by atoms with Crippen molar-refractivity contribution in [3.05, 3.63) is 188 Å². The van der Waals surface area contributed by atoms with Gasteiger partial charge >= 0.3 is 0 Å². The van der Waals surface area contributed by atoms with E-state index in [0.29, 0.717) is 0 Å². The summed E-state index contributed by atoms with van der Waals surface area (Å²) in [6, 6.07) is 68.9. The average molecular weight is 622 g/mol. The molecule has 0 spiro atoms.